The molecule has 0 heterocycles. The van der Waals surface area contributed by atoms with E-state index in [-0.39, 0.29) is 5.91 Å². The fourth-order valence-corrected chi connectivity index (χ4v) is 3.78. The molecule has 0 unspecified atom stereocenters. The van der Waals surface area contributed by atoms with E-state index in [0.717, 1.165) is 16.2 Å². The number of carbonyl (C=O) groups excluding carboxylic acids is 1. The molecular weight excluding hydrogens is 413 g/mol. The van der Waals surface area contributed by atoms with Crippen LogP contribution in [0, 0.1) is 0 Å². The minimum absolute atomic E-state index is 0.215. The maximum atomic E-state index is 12.7. The van der Waals surface area contributed by atoms with Crippen molar-refractivity contribution in [3.63, 3.8) is 0 Å². The number of benzene rings is 3. The third-order valence-corrected chi connectivity index (χ3v) is 5.74. The Labute approximate surface area is 179 Å². The minimum Gasteiger partial charge on any atom is -0.494 e. The van der Waals surface area contributed by atoms with Gasteiger partial charge in [0.1, 0.15) is 5.75 Å². The lowest BCUT2D eigenvalue weighted by atomic mass is 10.1. The van der Waals surface area contributed by atoms with E-state index in [1.807, 2.05) is 37.3 Å². The van der Waals surface area contributed by atoms with E-state index in [0.29, 0.717) is 33.7 Å². The van der Waals surface area contributed by atoms with Gasteiger partial charge >= 0.3 is 0 Å². The zero-order chi connectivity index (χ0) is 19.9. The summed E-state index contributed by atoms with van der Waals surface area (Å²) in [5, 5.41) is 3.69. The van der Waals surface area contributed by atoms with Crippen LogP contribution >= 0.6 is 35.0 Å². The molecule has 6 heteroatoms. The average molecular weight is 432 g/mol. The molecule has 0 saturated heterocycles. The Morgan fingerprint density at radius 2 is 1.79 bits per heavy atom. The van der Waals surface area contributed by atoms with Crippen LogP contribution < -0.4 is 10.1 Å². The van der Waals surface area contributed by atoms with Crippen molar-refractivity contribution in [3.8, 4) is 5.75 Å². The van der Waals surface area contributed by atoms with E-state index in [1.165, 1.54) is 0 Å². The number of amides is 1. The molecule has 0 radical (unpaired) electrons. The average Bonchev–Trinajstić information content (AvgIpc) is 2.71. The van der Waals surface area contributed by atoms with Gasteiger partial charge in [-0.3, -0.25) is 4.79 Å². The Morgan fingerprint density at radius 1 is 1.00 bits per heavy atom. The first-order chi connectivity index (χ1) is 13.6. The molecule has 3 aromatic rings. The van der Waals surface area contributed by atoms with Crippen LogP contribution in [0.5, 0.6) is 5.75 Å². The predicted octanol–water partition coefficient (Wildman–Crippen LogP) is 6.94. The first kappa shape index (κ1) is 20.6. The number of rotatable bonds is 7. The van der Waals surface area contributed by atoms with Crippen molar-refractivity contribution in [1.29, 1.82) is 0 Å². The molecule has 0 spiro atoms. The lowest BCUT2D eigenvalue weighted by molar-refractivity contribution is 0.102. The summed E-state index contributed by atoms with van der Waals surface area (Å²) in [5.74, 6) is 1.28. The normalized spacial score (nSPS) is 10.5. The van der Waals surface area contributed by atoms with Gasteiger partial charge in [-0.15, -0.1) is 11.8 Å². The van der Waals surface area contributed by atoms with Crippen molar-refractivity contribution < 1.29 is 9.53 Å². The fourth-order valence-electron chi connectivity index (χ4n) is 2.58. The van der Waals surface area contributed by atoms with E-state index >= 15 is 0 Å². The van der Waals surface area contributed by atoms with Gasteiger partial charge in [0.2, 0.25) is 0 Å². The second-order valence-electron chi connectivity index (χ2n) is 5.94. The van der Waals surface area contributed by atoms with Crippen LogP contribution in [-0.2, 0) is 5.75 Å². The van der Waals surface area contributed by atoms with E-state index in [4.69, 9.17) is 27.9 Å². The Morgan fingerprint density at radius 3 is 2.50 bits per heavy atom. The molecule has 28 heavy (non-hydrogen) atoms. The summed E-state index contributed by atoms with van der Waals surface area (Å²) >= 11 is 13.6. The van der Waals surface area contributed by atoms with E-state index < -0.39 is 0 Å². The van der Waals surface area contributed by atoms with Gasteiger partial charge < -0.3 is 10.1 Å². The van der Waals surface area contributed by atoms with Crippen LogP contribution in [0.3, 0.4) is 0 Å². The molecule has 3 aromatic carbocycles. The number of carbonyl (C=O) groups is 1. The van der Waals surface area contributed by atoms with Crippen LogP contribution in [0.4, 0.5) is 5.69 Å². The molecular formula is C22H19Cl2NO2S. The van der Waals surface area contributed by atoms with Gasteiger partial charge in [0, 0.05) is 27.5 Å². The number of thioether (sulfide) groups is 1. The second kappa shape index (κ2) is 9.87. The second-order valence-corrected chi connectivity index (χ2v) is 7.80. The van der Waals surface area contributed by atoms with Crippen LogP contribution in [0.25, 0.3) is 0 Å². The van der Waals surface area contributed by atoms with Crippen LogP contribution in [-0.4, -0.2) is 12.5 Å². The van der Waals surface area contributed by atoms with Crippen molar-refractivity contribution >= 4 is 46.6 Å². The number of hydrogen-bond donors (Lipinski definition) is 1. The van der Waals surface area contributed by atoms with E-state index in [1.54, 1.807) is 36.0 Å². The SMILES string of the molecule is CCOc1ccc(C(=O)Nc2ccc(Cl)c(Cl)c2)cc1CSc1ccccc1. The zero-order valence-corrected chi connectivity index (χ0v) is 17.6. The van der Waals surface area contributed by atoms with Gasteiger partial charge in [0.15, 0.2) is 0 Å². The molecule has 3 rings (SSSR count). The Hall–Kier alpha value is -2.14. The Bertz CT molecular complexity index is 964. The number of nitrogens with one attached hydrogen (secondary N) is 1. The Kier molecular flexibility index (Phi) is 7.26. The standard InChI is InChI=1S/C22H19Cl2NO2S/c1-2-27-21-11-8-15(12-16(21)14-28-18-6-4-3-5-7-18)22(26)25-17-9-10-19(23)20(24)13-17/h3-13H,2,14H2,1H3,(H,25,26). The van der Waals surface area contributed by atoms with Crippen molar-refractivity contribution in [2.45, 2.75) is 17.6 Å². The van der Waals surface area contributed by atoms with Gasteiger partial charge in [-0.25, -0.2) is 0 Å². The van der Waals surface area contributed by atoms with Crippen LogP contribution in [0.1, 0.15) is 22.8 Å². The zero-order valence-electron chi connectivity index (χ0n) is 15.2. The molecule has 0 aliphatic heterocycles. The number of ether oxygens (including phenoxy) is 1. The van der Waals surface area contributed by atoms with Gasteiger partial charge in [-0.2, -0.15) is 0 Å². The quantitative estimate of drug-likeness (QED) is 0.411. The number of anilines is 1. The molecule has 0 bridgehead atoms. The van der Waals surface area contributed by atoms with Crippen LogP contribution in [0.15, 0.2) is 71.6 Å². The lowest BCUT2D eigenvalue weighted by Crippen LogP contribution is -2.12. The first-order valence-electron chi connectivity index (χ1n) is 8.77. The molecule has 0 saturated carbocycles. The van der Waals surface area contributed by atoms with Crippen molar-refractivity contribution in [2.24, 2.45) is 0 Å². The van der Waals surface area contributed by atoms with Crippen LogP contribution in [0.2, 0.25) is 10.0 Å². The fraction of sp³-hybridized carbons (Fsp3) is 0.136. The highest BCUT2D eigenvalue weighted by Gasteiger charge is 2.12. The van der Waals surface area contributed by atoms with E-state index in [9.17, 15) is 4.79 Å². The summed E-state index contributed by atoms with van der Waals surface area (Å²) in [4.78, 5) is 13.8. The molecule has 0 fully saturated rings. The summed E-state index contributed by atoms with van der Waals surface area (Å²) in [6.07, 6.45) is 0. The molecule has 0 aliphatic rings. The third-order valence-electron chi connectivity index (χ3n) is 3.94. The lowest BCUT2D eigenvalue weighted by Gasteiger charge is -2.13. The maximum Gasteiger partial charge on any atom is 0.255 e. The number of halogens is 2. The number of hydrogen-bond acceptors (Lipinski definition) is 3. The first-order valence-corrected chi connectivity index (χ1v) is 10.5. The molecule has 0 aliphatic carbocycles. The minimum atomic E-state index is -0.215. The third kappa shape index (κ3) is 5.44. The van der Waals surface area contributed by atoms with Gasteiger partial charge in [0.05, 0.1) is 16.7 Å². The van der Waals surface area contributed by atoms with Crippen molar-refractivity contribution in [1.82, 2.24) is 0 Å². The summed E-state index contributed by atoms with van der Waals surface area (Å²) < 4.78 is 5.73. The van der Waals surface area contributed by atoms with Gasteiger partial charge in [-0.05, 0) is 55.5 Å². The van der Waals surface area contributed by atoms with E-state index in [2.05, 4.69) is 17.4 Å². The maximum absolute atomic E-state index is 12.7. The molecule has 3 nitrogen and oxygen atoms in total. The largest absolute Gasteiger partial charge is 0.494 e. The molecule has 0 aromatic heterocycles. The molecule has 0 atom stereocenters. The summed E-state index contributed by atoms with van der Waals surface area (Å²) in [6, 6.07) is 20.6. The molecule has 1 N–H and O–H groups in total. The highest BCUT2D eigenvalue weighted by Crippen LogP contribution is 2.30. The van der Waals surface area contributed by atoms with Gasteiger partial charge in [0.25, 0.3) is 5.91 Å². The molecule has 144 valence electrons. The summed E-state index contributed by atoms with van der Waals surface area (Å²) in [5.41, 5.74) is 2.11. The highest BCUT2D eigenvalue weighted by molar-refractivity contribution is 7.98. The summed E-state index contributed by atoms with van der Waals surface area (Å²) in [6.45, 7) is 2.51. The topological polar surface area (TPSA) is 38.3 Å². The summed E-state index contributed by atoms with van der Waals surface area (Å²) in [7, 11) is 0. The van der Waals surface area contributed by atoms with Crippen molar-refractivity contribution in [3.05, 3.63) is 87.9 Å². The smallest absolute Gasteiger partial charge is 0.255 e. The monoisotopic (exact) mass is 431 g/mol. The Balaban J connectivity index is 1.78. The predicted molar refractivity (Wildman–Crippen MR) is 118 cm³/mol. The highest BCUT2D eigenvalue weighted by atomic mass is 35.5. The van der Waals surface area contributed by atoms with Crippen molar-refractivity contribution in [2.75, 3.05) is 11.9 Å². The van der Waals surface area contributed by atoms with Gasteiger partial charge in [-0.1, -0.05) is 41.4 Å². The molecule has 1 amide bonds.